The topological polar surface area (TPSA) is 71.5 Å². The fourth-order valence-electron chi connectivity index (χ4n) is 3.03. The number of hydrogen-bond donors (Lipinski definition) is 1. The molecule has 2 aromatic heterocycles. The lowest BCUT2D eigenvalue weighted by Gasteiger charge is -2.21. The second-order valence-corrected chi connectivity index (χ2v) is 7.41. The predicted molar refractivity (Wildman–Crippen MR) is 107 cm³/mol. The van der Waals surface area contributed by atoms with Crippen LogP contribution in [0.15, 0.2) is 60.1 Å². The summed E-state index contributed by atoms with van der Waals surface area (Å²) in [7, 11) is 0. The Hall–Kier alpha value is -3.19. The second kappa shape index (κ2) is 8.22. The molecule has 0 saturated heterocycles. The van der Waals surface area contributed by atoms with Gasteiger partial charge in [-0.3, -0.25) is 9.59 Å². The molecule has 0 fully saturated rings. The third-order valence-electron chi connectivity index (χ3n) is 4.46. The number of carbonyl (C=O) groups excluding carboxylic acids is 2. The number of fused-ring (bicyclic) bond motifs is 2. The highest BCUT2D eigenvalue weighted by Gasteiger charge is 2.26. The molecule has 1 aliphatic heterocycles. The second-order valence-electron chi connectivity index (χ2n) is 6.37. The summed E-state index contributed by atoms with van der Waals surface area (Å²) in [6, 6.07) is 15.1. The Balaban J connectivity index is 1.45. The van der Waals surface area contributed by atoms with Crippen molar-refractivity contribution in [2.24, 2.45) is 0 Å². The molecule has 0 bridgehead atoms. The molecule has 0 atom stereocenters. The molecule has 3 heterocycles. The summed E-state index contributed by atoms with van der Waals surface area (Å²) in [5.41, 5.74) is 1.51. The molecule has 6 nitrogen and oxygen atoms in total. The molecule has 2 amide bonds. The van der Waals surface area contributed by atoms with Gasteiger partial charge in [0, 0.05) is 29.5 Å². The number of benzene rings is 1. The maximum atomic E-state index is 12.9. The number of amides is 2. The van der Waals surface area contributed by atoms with Crippen LogP contribution < -0.4 is 15.0 Å². The molecule has 28 heavy (non-hydrogen) atoms. The summed E-state index contributed by atoms with van der Waals surface area (Å²) in [5, 5.41) is 4.82. The number of nitrogens with zero attached hydrogens (tertiary/aromatic N) is 2. The van der Waals surface area contributed by atoms with E-state index in [1.165, 1.54) is 0 Å². The lowest BCUT2D eigenvalue weighted by molar-refractivity contribution is -0.125. The van der Waals surface area contributed by atoms with Crippen LogP contribution in [0.1, 0.15) is 23.3 Å². The lowest BCUT2D eigenvalue weighted by atomic mass is 10.1. The van der Waals surface area contributed by atoms with Gasteiger partial charge in [-0.15, -0.1) is 11.3 Å². The van der Waals surface area contributed by atoms with Crippen LogP contribution in [-0.4, -0.2) is 16.8 Å². The molecule has 7 heteroatoms. The molecule has 1 aromatic carbocycles. The number of hydrogen-bond acceptors (Lipinski definition) is 5. The third kappa shape index (κ3) is 4.04. The van der Waals surface area contributed by atoms with Gasteiger partial charge < -0.3 is 15.0 Å². The minimum Gasteiger partial charge on any atom is -0.437 e. The van der Waals surface area contributed by atoms with Crippen molar-refractivity contribution in [3.63, 3.8) is 0 Å². The Bertz CT molecular complexity index is 988. The SMILES string of the molecule is O=C(CCC(=O)N1Cc2ccccc2Oc2ncccc21)NCc1cccs1. The number of carbonyl (C=O) groups is 2. The van der Waals surface area contributed by atoms with Crippen molar-refractivity contribution in [2.45, 2.75) is 25.9 Å². The van der Waals surface area contributed by atoms with Crippen LogP contribution in [0, 0.1) is 0 Å². The zero-order valence-corrected chi connectivity index (χ0v) is 15.9. The number of anilines is 1. The predicted octanol–water partition coefficient (Wildman–Crippen LogP) is 3.88. The summed E-state index contributed by atoms with van der Waals surface area (Å²) in [6.07, 6.45) is 1.89. The lowest BCUT2D eigenvalue weighted by Crippen LogP contribution is -2.31. The summed E-state index contributed by atoms with van der Waals surface area (Å²) in [5.74, 6) is 0.801. The first-order valence-corrected chi connectivity index (χ1v) is 9.89. The largest absolute Gasteiger partial charge is 0.437 e. The van der Waals surface area contributed by atoms with E-state index in [-0.39, 0.29) is 24.7 Å². The van der Waals surface area contributed by atoms with Crippen molar-refractivity contribution in [3.05, 3.63) is 70.5 Å². The zero-order chi connectivity index (χ0) is 19.3. The first-order valence-electron chi connectivity index (χ1n) is 9.01. The molecule has 0 radical (unpaired) electrons. The van der Waals surface area contributed by atoms with E-state index in [1.807, 2.05) is 47.8 Å². The van der Waals surface area contributed by atoms with Crippen LogP contribution in [0.5, 0.6) is 11.6 Å². The van der Waals surface area contributed by atoms with E-state index in [4.69, 9.17) is 4.74 Å². The fraction of sp³-hybridized carbons (Fsp3) is 0.190. The summed E-state index contributed by atoms with van der Waals surface area (Å²) in [6.45, 7) is 0.868. The number of thiophene rings is 1. The van der Waals surface area contributed by atoms with Gasteiger partial charge in [0.25, 0.3) is 0 Å². The minimum atomic E-state index is -0.139. The van der Waals surface area contributed by atoms with Gasteiger partial charge in [-0.25, -0.2) is 4.98 Å². The van der Waals surface area contributed by atoms with Crippen molar-refractivity contribution >= 4 is 28.8 Å². The average Bonchev–Trinajstić information content (AvgIpc) is 3.18. The Morgan fingerprint density at radius 2 is 2.00 bits per heavy atom. The molecule has 1 N–H and O–H groups in total. The molecule has 3 aromatic rings. The van der Waals surface area contributed by atoms with Crippen molar-refractivity contribution in [2.75, 3.05) is 4.90 Å². The van der Waals surface area contributed by atoms with Crippen LogP contribution in [0.25, 0.3) is 0 Å². The van der Waals surface area contributed by atoms with Crippen molar-refractivity contribution in [1.29, 1.82) is 0 Å². The molecule has 0 saturated carbocycles. The molecule has 0 unspecified atom stereocenters. The standard InChI is InChI=1S/C21H19N3O3S/c25-19(23-13-16-6-4-12-28-16)9-10-20(26)24-14-15-5-1-2-8-18(15)27-21-17(24)7-3-11-22-21/h1-8,11-12H,9-10,13-14H2,(H,23,25). The number of nitrogens with one attached hydrogen (secondary N) is 1. The van der Waals surface area contributed by atoms with E-state index in [0.717, 1.165) is 10.4 Å². The molecule has 0 spiro atoms. The van der Waals surface area contributed by atoms with Crippen LogP contribution in [0.4, 0.5) is 5.69 Å². The first kappa shape index (κ1) is 18.2. The van der Waals surface area contributed by atoms with E-state index < -0.39 is 0 Å². The van der Waals surface area contributed by atoms with Crippen LogP contribution in [0.2, 0.25) is 0 Å². The molecule has 0 aliphatic carbocycles. The van der Waals surface area contributed by atoms with Crippen molar-refractivity contribution in [1.82, 2.24) is 10.3 Å². The van der Waals surface area contributed by atoms with E-state index in [2.05, 4.69) is 10.3 Å². The highest BCUT2D eigenvalue weighted by molar-refractivity contribution is 7.09. The zero-order valence-electron chi connectivity index (χ0n) is 15.1. The van der Waals surface area contributed by atoms with Gasteiger partial charge in [0.15, 0.2) is 0 Å². The van der Waals surface area contributed by atoms with Crippen LogP contribution in [-0.2, 0) is 22.7 Å². The third-order valence-corrected chi connectivity index (χ3v) is 5.33. The Labute approximate surface area is 166 Å². The molecule has 4 rings (SSSR count). The minimum absolute atomic E-state index is 0.118. The van der Waals surface area contributed by atoms with Crippen LogP contribution >= 0.6 is 11.3 Å². The number of pyridine rings is 1. The van der Waals surface area contributed by atoms with Crippen LogP contribution in [0.3, 0.4) is 0 Å². The number of ether oxygens (including phenoxy) is 1. The monoisotopic (exact) mass is 393 g/mol. The quantitative estimate of drug-likeness (QED) is 0.714. The molecule has 1 aliphatic rings. The van der Waals surface area contributed by atoms with Gasteiger partial charge in [-0.05, 0) is 29.6 Å². The molecular formula is C21H19N3O3S. The Morgan fingerprint density at radius 1 is 1.11 bits per heavy atom. The van der Waals surface area contributed by atoms with Crippen molar-refractivity contribution in [3.8, 4) is 11.6 Å². The molecule has 142 valence electrons. The van der Waals surface area contributed by atoms with Gasteiger partial charge >= 0.3 is 0 Å². The van der Waals surface area contributed by atoms with Gasteiger partial charge in [0.2, 0.25) is 17.7 Å². The average molecular weight is 393 g/mol. The fourth-order valence-corrected chi connectivity index (χ4v) is 3.67. The number of para-hydroxylation sites is 1. The maximum Gasteiger partial charge on any atom is 0.243 e. The number of aromatic nitrogens is 1. The van der Waals surface area contributed by atoms with E-state index in [0.29, 0.717) is 30.4 Å². The van der Waals surface area contributed by atoms with E-state index in [9.17, 15) is 9.59 Å². The van der Waals surface area contributed by atoms with Gasteiger partial charge in [0.1, 0.15) is 11.4 Å². The van der Waals surface area contributed by atoms with Gasteiger partial charge in [-0.2, -0.15) is 0 Å². The number of rotatable bonds is 5. The van der Waals surface area contributed by atoms with E-state index in [1.54, 1.807) is 28.5 Å². The molecular weight excluding hydrogens is 374 g/mol. The Morgan fingerprint density at radius 3 is 2.86 bits per heavy atom. The normalized spacial score (nSPS) is 12.4. The summed E-state index contributed by atoms with van der Waals surface area (Å²) >= 11 is 1.59. The van der Waals surface area contributed by atoms with Gasteiger partial charge in [-0.1, -0.05) is 24.3 Å². The Kier molecular flexibility index (Phi) is 5.34. The summed E-state index contributed by atoms with van der Waals surface area (Å²) in [4.78, 5) is 32.0. The highest BCUT2D eigenvalue weighted by atomic mass is 32.1. The van der Waals surface area contributed by atoms with Gasteiger partial charge in [0.05, 0.1) is 13.1 Å². The highest BCUT2D eigenvalue weighted by Crippen LogP contribution is 2.37. The smallest absolute Gasteiger partial charge is 0.243 e. The first-order chi connectivity index (χ1) is 13.7. The maximum absolute atomic E-state index is 12.9. The van der Waals surface area contributed by atoms with E-state index >= 15 is 0 Å². The summed E-state index contributed by atoms with van der Waals surface area (Å²) < 4.78 is 5.91. The van der Waals surface area contributed by atoms with Crippen molar-refractivity contribution < 1.29 is 14.3 Å².